The van der Waals surface area contributed by atoms with Crippen LogP contribution in [0.15, 0.2) is 22.8 Å². The smallest absolute Gasteiger partial charge is 0.185 e. The molecule has 13 heavy (non-hydrogen) atoms. The summed E-state index contributed by atoms with van der Waals surface area (Å²) in [6, 6.07) is 0.126. The van der Waals surface area contributed by atoms with Gasteiger partial charge in [0.25, 0.3) is 0 Å². The molecular weight excluding hydrogens is 166 g/mol. The Hall–Kier alpha value is -1.22. The Morgan fingerprint density at radius 2 is 2.00 bits per heavy atom. The predicted molar refractivity (Wildman–Crippen MR) is 48.3 cm³/mol. The third kappa shape index (κ3) is 1.25. The number of carbonyl (C=O) groups is 2. The summed E-state index contributed by atoms with van der Waals surface area (Å²) in [6.07, 6.45) is 1.44. The lowest BCUT2D eigenvalue weighted by Gasteiger charge is -2.12. The maximum Gasteiger partial charge on any atom is 0.185 e. The summed E-state index contributed by atoms with van der Waals surface area (Å²) in [4.78, 5) is 23.0. The second-order valence-electron chi connectivity index (χ2n) is 3.52. The Morgan fingerprint density at radius 3 is 2.54 bits per heavy atom. The SMILES string of the molecule is CC1=CC(=O)C(C2CN2)=C(C)C1=O. The summed E-state index contributed by atoms with van der Waals surface area (Å²) in [5.74, 6) is -0.00657. The second-order valence-corrected chi connectivity index (χ2v) is 3.52. The van der Waals surface area contributed by atoms with Crippen LogP contribution in [-0.2, 0) is 9.59 Å². The minimum Gasteiger partial charge on any atom is -0.307 e. The highest BCUT2D eigenvalue weighted by Crippen LogP contribution is 2.24. The molecule has 0 aromatic heterocycles. The van der Waals surface area contributed by atoms with Crippen LogP contribution < -0.4 is 5.32 Å². The minimum absolute atomic E-state index is 0.00306. The van der Waals surface area contributed by atoms with Gasteiger partial charge >= 0.3 is 0 Å². The van der Waals surface area contributed by atoms with E-state index in [0.29, 0.717) is 16.7 Å². The van der Waals surface area contributed by atoms with Crippen molar-refractivity contribution >= 4 is 11.6 Å². The van der Waals surface area contributed by atoms with Gasteiger partial charge in [-0.15, -0.1) is 0 Å². The van der Waals surface area contributed by atoms with E-state index in [1.54, 1.807) is 13.8 Å². The van der Waals surface area contributed by atoms with Gasteiger partial charge in [0.15, 0.2) is 11.6 Å². The van der Waals surface area contributed by atoms with Gasteiger partial charge in [-0.2, -0.15) is 0 Å². The molecule has 0 amide bonds. The van der Waals surface area contributed by atoms with Gasteiger partial charge in [-0.05, 0) is 19.9 Å². The highest BCUT2D eigenvalue weighted by atomic mass is 16.1. The summed E-state index contributed by atoms with van der Waals surface area (Å²) in [6.45, 7) is 4.23. The van der Waals surface area contributed by atoms with E-state index >= 15 is 0 Å². The number of hydrogen-bond acceptors (Lipinski definition) is 3. The molecule has 1 atom stereocenters. The van der Waals surface area contributed by atoms with Gasteiger partial charge in [-0.25, -0.2) is 0 Å². The molecule has 0 spiro atoms. The van der Waals surface area contributed by atoms with Crippen LogP contribution in [0.2, 0.25) is 0 Å². The van der Waals surface area contributed by atoms with Crippen molar-refractivity contribution in [3.63, 3.8) is 0 Å². The molecule has 2 aliphatic rings. The summed E-state index contributed by atoms with van der Waals surface area (Å²) < 4.78 is 0. The summed E-state index contributed by atoms with van der Waals surface area (Å²) >= 11 is 0. The van der Waals surface area contributed by atoms with Gasteiger partial charge in [0, 0.05) is 29.3 Å². The first-order valence-corrected chi connectivity index (χ1v) is 4.32. The van der Waals surface area contributed by atoms with Crippen LogP contribution in [0, 0.1) is 0 Å². The van der Waals surface area contributed by atoms with Gasteiger partial charge in [-0.3, -0.25) is 9.59 Å². The van der Waals surface area contributed by atoms with Gasteiger partial charge < -0.3 is 5.32 Å². The molecule has 1 N–H and O–H groups in total. The maximum atomic E-state index is 11.5. The third-order valence-electron chi connectivity index (χ3n) is 2.47. The topological polar surface area (TPSA) is 56.1 Å². The highest BCUT2D eigenvalue weighted by Gasteiger charge is 2.34. The monoisotopic (exact) mass is 177 g/mol. The molecule has 3 nitrogen and oxygen atoms in total. The van der Waals surface area contributed by atoms with Crippen molar-refractivity contribution in [3.8, 4) is 0 Å². The molecule has 3 heteroatoms. The van der Waals surface area contributed by atoms with Crippen molar-refractivity contribution in [1.82, 2.24) is 5.32 Å². The largest absolute Gasteiger partial charge is 0.307 e. The molecule has 1 unspecified atom stereocenters. The molecule has 0 aromatic carbocycles. The van der Waals surface area contributed by atoms with Crippen molar-refractivity contribution in [2.45, 2.75) is 19.9 Å². The van der Waals surface area contributed by atoms with Gasteiger partial charge in [0.2, 0.25) is 0 Å². The van der Waals surface area contributed by atoms with Crippen molar-refractivity contribution < 1.29 is 9.59 Å². The molecule has 1 aliphatic carbocycles. The molecule has 1 fully saturated rings. The molecule has 68 valence electrons. The lowest BCUT2D eigenvalue weighted by Crippen LogP contribution is -2.20. The second kappa shape index (κ2) is 2.64. The average Bonchev–Trinajstić information content (AvgIpc) is 2.84. The third-order valence-corrected chi connectivity index (χ3v) is 2.47. The Kier molecular flexibility index (Phi) is 1.70. The number of rotatable bonds is 1. The molecule has 0 radical (unpaired) electrons. The van der Waals surface area contributed by atoms with Crippen molar-refractivity contribution in [1.29, 1.82) is 0 Å². The quantitative estimate of drug-likeness (QED) is 0.465. The number of nitrogens with one attached hydrogen (secondary N) is 1. The molecule has 0 aromatic rings. The lowest BCUT2D eigenvalue weighted by atomic mass is 9.89. The van der Waals surface area contributed by atoms with E-state index in [0.717, 1.165) is 6.54 Å². The molecular formula is C10H11NO2. The van der Waals surface area contributed by atoms with Gasteiger partial charge in [0.05, 0.1) is 0 Å². The number of hydrogen-bond donors (Lipinski definition) is 1. The summed E-state index contributed by atoms with van der Waals surface area (Å²) in [7, 11) is 0. The maximum absolute atomic E-state index is 11.5. The first-order valence-electron chi connectivity index (χ1n) is 4.32. The molecule has 0 bridgehead atoms. The fourth-order valence-electron chi connectivity index (χ4n) is 1.64. The Bertz CT molecular complexity index is 359. The number of allylic oxidation sites excluding steroid dienone is 3. The Balaban J connectivity index is 2.43. The van der Waals surface area contributed by atoms with Crippen LogP contribution in [0.1, 0.15) is 13.8 Å². The standard InChI is InChI=1S/C10H11NO2/c1-5-3-8(12)9(7-4-11-7)6(2)10(5)13/h3,7,11H,4H2,1-2H3. The van der Waals surface area contributed by atoms with Crippen LogP contribution in [-0.4, -0.2) is 24.2 Å². The lowest BCUT2D eigenvalue weighted by molar-refractivity contribution is -0.115. The fraction of sp³-hybridized carbons (Fsp3) is 0.400. The summed E-state index contributed by atoms with van der Waals surface area (Å²) in [5.41, 5.74) is 1.82. The average molecular weight is 177 g/mol. The van der Waals surface area contributed by atoms with Crippen LogP contribution >= 0.6 is 0 Å². The van der Waals surface area contributed by atoms with E-state index < -0.39 is 0 Å². The zero-order valence-corrected chi connectivity index (χ0v) is 7.68. The zero-order valence-electron chi connectivity index (χ0n) is 7.68. The van der Waals surface area contributed by atoms with Crippen LogP contribution in [0.4, 0.5) is 0 Å². The molecule has 1 saturated heterocycles. The Labute approximate surface area is 76.5 Å². The Morgan fingerprint density at radius 1 is 1.38 bits per heavy atom. The minimum atomic E-state index is -0.00963. The van der Waals surface area contributed by atoms with Crippen LogP contribution in [0.5, 0.6) is 0 Å². The van der Waals surface area contributed by atoms with Gasteiger partial charge in [-0.1, -0.05) is 0 Å². The predicted octanol–water partition coefficient (Wildman–Crippen LogP) is 0.373. The normalized spacial score (nSPS) is 27.8. The number of ketones is 2. The van der Waals surface area contributed by atoms with Crippen molar-refractivity contribution in [2.75, 3.05) is 6.54 Å². The van der Waals surface area contributed by atoms with Crippen LogP contribution in [0.3, 0.4) is 0 Å². The number of Topliss-reactive ketones (excluding diaryl/α,β-unsaturated/α-hetero) is 1. The van der Waals surface area contributed by atoms with Crippen LogP contribution in [0.25, 0.3) is 0 Å². The van der Waals surface area contributed by atoms with E-state index in [1.165, 1.54) is 6.08 Å². The van der Waals surface area contributed by atoms with E-state index in [4.69, 9.17) is 0 Å². The zero-order chi connectivity index (χ0) is 9.59. The highest BCUT2D eigenvalue weighted by molar-refractivity contribution is 6.22. The summed E-state index contributed by atoms with van der Waals surface area (Å²) in [5, 5.41) is 3.04. The van der Waals surface area contributed by atoms with Gasteiger partial charge in [0.1, 0.15) is 0 Å². The van der Waals surface area contributed by atoms with Crippen molar-refractivity contribution in [3.05, 3.63) is 22.8 Å². The first-order chi connectivity index (χ1) is 6.11. The molecule has 1 aliphatic heterocycles. The van der Waals surface area contributed by atoms with E-state index in [2.05, 4.69) is 5.32 Å². The molecule has 1 heterocycles. The fourth-order valence-corrected chi connectivity index (χ4v) is 1.64. The van der Waals surface area contributed by atoms with Crippen molar-refractivity contribution in [2.24, 2.45) is 0 Å². The van der Waals surface area contributed by atoms with E-state index in [9.17, 15) is 9.59 Å². The number of carbonyl (C=O) groups excluding carboxylic acids is 2. The first kappa shape index (κ1) is 8.38. The van der Waals surface area contributed by atoms with E-state index in [-0.39, 0.29) is 17.6 Å². The molecule has 2 rings (SSSR count). The molecule has 0 saturated carbocycles. The van der Waals surface area contributed by atoms with E-state index in [1.807, 2.05) is 0 Å².